The van der Waals surface area contributed by atoms with Crippen LogP contribution >= 0.6 is 0 Å². The molecule has 0 aliphatic heterocycles. The third-order valence-electron chi connectivity index (χ3n) is 6.83. The molecule has 1 aromatic heterocycles. The van der Waals surface area contributed by atoms with Gasteiger partial charge in [-0.05, 0) is 78.4 Å². The highest BCUT2D eigenvalue weighted by Gasteiger charge is 2.24. The van der Waals surface area contributed by atoms with Crippen LogP contribution in [0.15, 0.2) is 113 Å². The molecular formula is C34H35N3O4S. The maximum Gasteiger partial charge on any atom is 0.266 e. The quantitative estimate of drug-likeness (QED) is 0.212. The third-order valence-corrected chi connectivity index (χ3v) is 8.39. The van der Waals surface area contributed by atoms with Crippen LogP contribution in [0.3, 0.4) is 0 Å². The number of nitrogens with zero attached hydrogens (tertiary/aromatic N) is 2. The van der Waals surface area contributed by atoms with Crippen LogP contribution in [0.2, 0.25) is 0 Å². The molecule has 0 radical (unpaired) electrons. The summed E-state index contributed by atoms with van der Waals surface area (Å²) in [5.41, 5.74) is 2.96. The number of ether oxygens (including phenoxy) is 1. The van der Waals surface area contributed by atoms with Crippen molar-refractivity contribution in [2.24, 2.45) is 5.41 Å². The first kappa shape index (κ1) is 29.2. The van der Waals surface area contributed by atoms with Gasteiger partial charge in [-0.25, -0.2) is 18.1 Å². The van der Waals surface area contributed by atoms with Gasteiger partial charge in [-0.1, -0.05) is 75.4 Å². The molecule has 4 aromatic carbocycles. The zero-order valence-electron chi connectivity index (χ0n) is 24.2. The number of hydrogen-bond acceptors (Lipinski definition) is 5. The Labute approximate surface area is 246 Å². The Morgan fingerprint density at radius 3 is 2.14 bits per heavy atom. The number of hydrogen-bond donors (Lipinski definition) is 1. The van der Waals surface area contributed by atoms with Gasteiger partial charge in [0.05, 0.1) is 27.5 Å². The fourth-order valence-electron chi connectivity index (χ4n) is 4.87. The Morgan fingerprint density at radius 2 is 1.48 bits per heavy atom. The van der Waals surface area contributed by atoms with Crippen LogP contribution in [-0.4, -0.2) is 18.0 Å². The van der Waals surface area contributed by atoms with E-state index >= 15 is 0 Å². The number of nitrogens with one attached hydrogen (secondary N) is 1. The van der Waals surface area contributed by atoms with E-state index in [1.807, 2.05) is 42.5 Å². The van der Waals surface area contributed by atoms with Crippen molar-refractivity contribution in [2.45, 2.75) is 51.7 Å². The lowest BCUT2D eigenvalue weighted by atomic mass is 9.88. The third kappa shape index (κ3) is 6.78. The van der Waals surface area contributed by atoms with E-state index in [9.17, 15) is 13.2 Å². The monoisotopic (exact) mass is 581 g/mol. The fourth-order valence-corrected chi connectivity index (χ4v) is 6.08. The Kier molecular flexibility index (Phi) is 8.29. The summed E-state index contributed by atoms with van der Waals surface area (Å²) in [4.78, 5) is 18.7. The number of fused-ring (bicyclic) bond motifs is 1. The molecule has 8 heteroatoms. The Bertz CT molecular complexity index is 1840. The maximum absolute atomic E-state index is 13.8. The first-order valence-electron chi connectivity index (χ1n) is 13.9. The number of benzene rings is 4. The lowest BCUT2D eigenvalue weighted by Gasteiger charge is -2.20. The molecule has 42 heavy (non-hydrogen) atoms. The first-order valence-corrected chi connectivity index (χ1v) is 15.4. The summed E-state index contributed by atoms with van der Waals surface area (Å²) in [7, 11) is -3.90. The maximum atomic E-state index is 13.8. The standard InChI is InChI=1S/C34H35N3O4S/c1-24(36-42(39,40)29-20-14-25(15-21-29)22-34(2,3)4)32-35-31-13-9-8-12-30(31)33(38)37(32)27-16-18-28(19-17-27)41-23-26-10-6-5-7-11-26/h5-21,24,36H,22-23H2,1-4H3. The molecule has 7 nitrogen and oxygen atoms in total. The summed E-state index contributed by atoms with van der Waals surface area (Å²) >= 11 is 0. The minimum Gasteiger partial charge on any atom is -0.489 e. The van der Waals surface area contributed by atoms with Crippen LogP contribution in [0.4, 0.5) is 0 Å². The van der Waals surface area contributed by atoms with E-state index in [4.69, 9.17) is 9.72 Å². The van der Waals surface area contributed by atoms with E-state index < -0.39 is 16.1 Å². The molecule has 1 heterocycles. The Hall–Kier alpha value is -4.27. The average Bonchev–Trinajstić information content (AvgIpc) is 2.96. The molecule has 5 rings (SSSR count). The number of para-hydroxylation sites is 1. The van der Waals surface area contributed by atoms with Gasteiger partial charge >= 0.3 is 0 Å². The van der Waals surface area contributed by atoms with Crippen LogP contribution in [0.5, 0.6) is 5.75 Å². The summed E-state index contributed by atoms with van der Waals surface area (Å²) < 4.78 is 36.9. The van der Waals surface area contributed by atoms with Crippen LogP contribution in [0, 0.1) is 5.41 Å². The molecule has 0 amide bonds. The summed E-state index contributed by atoms with van der Waals surface area (Å²) in [6.07, 6.45) is 0.834. The topological polar surface area (TPSA) is 90.3 Å². The highest BCUT2D eigenvalue weighted by molar-refractivity contribution is 7.89. The predicted octanol–water partition coefficient (Wildman–Crippen LogP) is 6.59. The van der Waals surface area contributed by atoms with Crippen molar-refractivity contribution in [3.63, 3.8) is 0 Å². The second-order valence-electron chi connectivity index (χ2n) is 11.6. The second kappa shape index (κ2) is 11.9. The van der Waals surface area contributed by atoms with E-state index in [-0.39, 0.29) is 21.7 Å². The molecule has 1 atom stereocenters. The Morgan fingerprint density at radius 1 is 0.833 bits per heavy atom. The highest BCUT2D eigenvalue weighted by atomic mass is 32.2. The zero-order chi connectivity index (χ0) is 29.9. The van der Waals surface area contributed by atoms with Crippen LogP contribution < -0.4 is 15.0 Å². The van der Waals surface area contributed by atoms with Crippen LogP contribution in [-0.2, 0) is 23.1 Å². The molecule has 216 valence electrons. The van der Waals surface area contributed by atoms with Crippen molar-refractivity contribution in [1.82, 2.24) is 14.3 Å². The molecule has 1 unspecified atom stereocenters. The molecule has 0 fully saturated rings. The normalized spacial score (nSPS) is 12.8. The first-order chi connectivity index (χ1) is 20.0. The molecule has 5 aromatic rings. The molecule has 0 aliphatic rings. The van der Waals surface area contributed by atoms with Gasteiger partial charge in [0.2, 0.25) is 10.0 Å². The van der Waals surface area contributed by atoms with Crippen molar-refractivity contribution in [2.75, 3.05) is 0 Å². The van der Waals surface area contributed by atoms with E-state index in [0.717, 1.165) is 17.5 Å². The second-order valence-corrected chi connectivity index (χ2v) is 13.3. The summed E-state index contributed by atoms with van der Waals surface area (Å²) in [5, 5.41) is 0.440. The van der Waals surface area contributed by atoms with Crippen LogP contribution in [0.1, 0.15) is 50.7 Å². The van der Waals surface area contributed by atoms with Gasteiger partial charge in [0, 0.05) is 0 Å². The molecule has 0 aliphatic carbocycles. The van der Waals surface area contributed by atoms with Gasteiger partial charge in [0.15, 0.2) is 0 Å². The smallest absolute Gasteiger partial charge is 0.266 e. The fraction of sp³-hybridized carbons (Fsp3) is 0.235. The van der Waals surface area contributed by atoms with E-state index in [2.05, 4.69) is 25.5 Å². The number of aromatic nitrogens is 2. The number of sulfonamides is 1. The van der Waals surface area contributed by atoms with Crippen LogP contribution in [0.25, 0.3) is 16.6 Å². The van der Waals surface area contributed by atoms with Crippen molar-refractivity contribution in [1.29, 1.82) is 0 Å². The summed E-state index contributed by atoms with van der Waals surface area (Å²) in [6, 6.07) is 30.1. The van der Waals surface area contributed by atoms with Gasteiger partial charge in [0.25, 0.3) is 5.56 Å². The molecular weight excluding hydrogens is 546 g/mol. The highest BCUT2D eigenvalue weighted by Crippen LogP contribution is 2.24. The lowest BCUT2D eigenvalue weighted by Crippen LogP contribution is -2.33. The van der Waals surface area contributed by atoms with Gasteiger partial charge in [0.1, 0.15) is 18.2 Å². The summed E-state index contributed by atoms with van der Waals surface area (Å²) in [6.45, 7) is 8.53. The minimum absolute atomic E-state index is 0.0881. The van der Waals surface area contributed by atoms with E-state index in [1.165, 1.54) is 4.57 Å². The van der Waals surface area contributed by atoms with Gasteiger partial charge in [-0.15, -0.1) is 0 Å². The van der Waals surface area contributed by atoms with Crippen molar-refractivity contribution in [3.8, 4) is 11.4 Å². The zero-order valence-corrected chi connectivity index (χ0v) is 25.1. The van der Waals surface area contributed by atoms with E-state index in [0.29, 0.717) is 28.9 Å². The Balaban J connectivity index is 1.45. The lowest BCUT2D eigenvalue weighted by molar-refractivity contribution is 0.306. The minimum atomic E-state index is -3.90. The predicted molar refractivity (Wildman–Crippen MR) is 166 cm³/mol. The largest absolute Gasteiger partial charge is 0.489 e. The molecule has 0 saturated heterocycles. The van der Waals surface area contributed by atoms with Gasteiger partial charge in [-0.2, -0.15) is 0 Å². The van der Waals surface area contributed by atoms with Crippen molar-refractivity contribution >= 4 is 20.9 Å². The SMILES string of the molecule is CC(NS(=O)(=O)c1ccc(CC(C)(C)C)cc1)c1nc2ccccc2c(=O)n1-c1ccc(OCc2ccccc2)cc1. The van der Waals surface area contributed by atoms with Gasteiger partial charge in [-0.3, -0.25) is 9.36 Å². The average molecular weight is 582 g/mol. The molecule has 0 saturated carbocycles. The summed E-state index contributed by atoms with van der Waals surface area (Å²) in [5.74, 6) is 0.930. The van der Waals surface area contributed by atoms with E-state index in [1.54, 1.807) is 67.6 Å². The molecule has 0 bridgehead atoms. The van der Waals surface area contributed by atoms with Gasteiger partial charge < -0.3 is 4.74 Å². The number of rotatable bonds is 9. The van der Waals surface area contributed by atoms with Crippen molar-refractivity contribution in [3.05, 3.63) is 130 Å². The molecule has 0 spiro atoms. The van der Waals surface area contributed by atoms with Crippen molar-refractivity contribution < 1.29 is 13.2 Å². The molecule has 1 N–H and O–H groups in total.